The summed E-state index contributed by atoms with van der Waals surface area (Å²) in [6, 6.07) is 17.2. The molecule has 6 heteroatoms. The molecule has 1 saturated heterocycles. The van der Waals surface area contributed by atoms with Crippen molar-refractivity contribution in [3.05, 3.63) is 65.2 Å². The SMILES string of the molecule is CCCC(CCC)NC(=O)C1CC(=O)NN1c1ccc(Cl)cc1.CCc1ccccc1. The summed E-state index contributed by atoms with van der Waals surface area (Å²) < 4.78 is 0. The van der Waals surface area contributed by atoms with E-state index in [0.717, 1.165) is 37.8 Å². The van der Waals surface area contributed by atoms with Crippen LogP contribution in [0.1, 0.15) is 58.4 Å². The Morgan fingerprint density at radius 2 is 1.68 bits per heavy atom. The van der Waals surface area contributed by atoms with Crippen molar-refractivity contribution < 1.29 is 9.59 Å². The highest BCUT2D eigenvalue weighted by molar-refractivity contribution is 6.30. The number of nitrogens with zero attached hydrogens (tertiary/aromatic N) is 1. The van der Waals surface area contributed by atoms with Crippen molar-refractivity contribution in [2.24, 2.45) is 0 Å². The molecular weight excluding hydrogens is 410 g/mol. The van der Waals surface area contributed by atoms with Crippen LogP contribution in [0.3, 0.4) is 0 Å². The first-order chi connectivity index (χ1) is 15.0. The molecule has 3 rings (SSSR count). The number of benzene rings is 2. The number of anilines is 1. The molecule has 2 aromatic carbocycles. The molecule has 0 radical (unpaired) electrons. The first-order valence-corrected chi connectivity index (χ1v) is 11.5. The molecule has 1 aliphatic heterocycles. The number of amides is 2. The van der Waals surface area contributed by atoms with Crippen LogP contribution in [0.15, 0.2) is 54.6 Å². The maximum atomic E-state index is 12.6. The number of carbonyl (C=O) groups is 2. The van der Waals surface area contributed by atoms with Gasteiger partial charge in [-0.2, -0.15) is 0 Å². The van der Waals surface area contributed by atoms with Crippen LogP contribution in [0.5, 0.6) is 0 Å². The highest BCUT2D eigenvalue weighted by atomic mass is 35.5. The van der Waals surface area contributed by atoms with Gasteiger partial charge in [-0.15, -0.1) is 0 Å². The highest BCUT2D eigenvalue weighted by Gasteiger charge is 2.36. The van der Waals surface area contributed by atoms with Gasteiger partial charge in [0.15, 0.2) is 0 Å². The minimum Gasteiger partial charge on any atom is -0.352 e. The molecule has 2 aromatic rings. The molecule has 0 saturated carbocycles. The highest BCUT2D eigenvalue weighted by Crippen LogP contribution is 2.23. The van der Waals surface area contributed by atoms with Crippen LogP contribution in [0, 0.1) is 0 Å². The normalized spacial score (nSPS) is 15.3. The molecule has 1 unspecified atom stereocenters. The Bertz CT molecular complexity index is 805. The summed E-state index contributed by atoms with van der Waals surface area (Å²) in [5.41, 5.74) is 4.91. The van der Waals surface area contributed by atoms with Gasteiger partial charge >= 0.3 is 0 Å². The second kappa shape index (κ2) is 13.0. The molecule has 0 aliphatic carbocycles. The average molecular weight is 444 g/mol. The standard InChI is InChI=1S/C17H24ClN3O2.C8H10/c1-3-5-13(6-4-2)19-17(23)15-11-16(22)20-21(15)14-9-7-12(18)8-10-14;1-2-8-6-4-3-5-7-8/h7-10,13,15H,3-6,11H2,1-2H3,(H,19,23)(H,20,22);3-7H,2H2,1H3. The van der Waals surface area contributed by atoms with Crippen LogP contribution >= 0.6 is 11.6 Å². The van der Waals surface area contributed by atoms with Crippen molar-refractivity contribution in [3.8, 4) is 0 Å². The fourth-order valence-electron chi connectivity index (χ4n) is 3.58. The molecule has 1 atom stereocenters. The van der Waals surface area contributed by atoms with E-state index in [4.69, 9.17) is 11.6 Å². The van der Waals surface area contributed by atoms with E-state index < -0.39 is 6.04 Å². The Kier molecular flexibility index (Phi) is 10.4. The summed E-state index contributed by atoms with van der Waals surface area (Å²) >= 11 is 5.90. The van der Waals surface area contributed by atoms with E-state index in [1.165, 1.54) is 5.56 Å². The number of aryl methyl sites for hydroxylation is 1. The van der Waals surface area contributed by atoms with Crippen LogP contribution < -0.4 is 15.8 Å². The Morgan fingerprint density at radius 1 is 1.06 bits per heavy atom. The van der Waals surface area contributed by atoms with Gasteiger partial charge in [0.2, 0.25) is 11.8 Å². The first kappa shape index (κ1) is 24.7. The van der Waals surface area contributed by atoms with Crippen molar-refractivity contribution in [2.75, 3.05) is 5.01 Å². The van der Waals surface area contributed by atoms with Gasteiger partial charge in [-0.3, -0.25) is 20.0 Å². The van der Waals surface area contributed by atoms with Gasteiger partial charge in [0.25, 0.3) is 0 Å². The van der Waals surface area contributed by atoms with Gasteiger partial charge in [-0.1, -0.05) is 75.5 Å². The number of hydrogen-bond donors (Lipinski definition) is 2. The van der Waals surface area contributed by atoms with Crippen molar-refractivity contribution in [3.63, 3.8) is 0 Å². The van der Waals surface area contributed by atoms with Gasteiger partial charge < -0.3 is 5.32 Å². The molecule has 0 bridgehead atoms. The van der Waals surface area contributed by atoms with Crippen LogP contribution in [0.4, 0.5) is 5.69 Å². The Hall–Kier alpha value is -2.53. The zero-order valence-corrected chi connectivity index (χ0v) is 19.5. The summed E-state index contributed by atoms with van der Waals surface area (Å²) in [6.07, 6.45) is 5.25. The van der Waals surface area contributed by atoms with Crippen molar-refractivity contribution in [2.45, 2.75) is 71.4 Å². The maximum absolute atomic E-state index is 12.6. The molecule has 2 amide bonds. The molecule has 168 valence electrons. The molecule has 2 N–H and O–H groups in total. The molecule has 5 nitrogen and oxygen atoms in total. The quantitative estimate of drug-likeness (QED) is 0.583. The Balaban J connectivity index is 0.000000357. The van der Waals surface area contributed by atoms with Crippen LogP contribution in [-0.2, 0) is 16.0 Å². The van der Waals surface area contributed by atoms with Crippen molar-refractivity contribution in [1.82, 2.24) is 10.7 Å². The molecule has 0 aromatic heterocycles. The summed E-state index contributed by atoms with van der Waals surface area (Å²) in [4.78, 5) is 24.4. The Morgan fingerprint density at radius 3 is 2.19 bits per heavy atom. The summed E-state index contributed by atoms with van der Waals surface area (Å²) in [5, 5.41) is 5.34. The zero-order valence-electron chi connectivity index (χ0n) is 18.7. The third-order valence-corrected chi connectivity index (χ3v) is 5.47. The number of hydrogen-bond acceptors (Lipinski definition) is 3. The third-order valence-electron chi connectivity index (χ3n) is 5.21. The predicted molar refractivity (Wildman–Crippen MR) is 128 cm³/mol. The molecule has 1 aliphatic rings. The lowest BCUT2D eigenvalue weighted by molar-refractivity contribution is -0.125. The van der Waals surface area contributed by atoms with E-state index >= 15 is 0 Å². The minimum absolute atomic E-state index is 0.106. The summed E-state index contributed by atoms with van der Waals surface area (Å²) in [6.45, 7) is 6.38. The summed E-state index contributed by atoms with van der Waals surface area (Å²) in [7, 11) is 0. The lowest BCUT2D eigenvalue weighted by Crippen LogP contribution is -2.49. The summed E-state index contributed by atoms with van der Waals surface area (Å²) in [5.74, 6) is -0.257. The Labute approximate surface area is 191 Å². The largest absolute Gasteiger partial charge is 0.352 e. The fraction of sp³-hybridized carbons (Fsp3) is 0.440. The predicted octanol–water partition coefficient (Wildman–Crippen LogP) is 5.28. The zero-order chi connectivity index (χ0) is 22.6. The molecular formula is C25H34ClN3O2. The molecule has 1 fully saturated rings. The van der Waals surface area contributed by atoms with E-state index in [2.05, 4.69) is 55.8 Å². The maximum Gasteiger partial charge on any atom is 0.245 e. The number of rotatable bonds is 8. The van der Waals surface area contributed by atoms with Crippen molar-refractivity contribution >= 4 is 29.1 Å². The fourth-order valence-corrected chi connectivity index (χ4v) is 3.70. The van der Waals surface area contributed by atoms with Gasteiger partial charge in [0.1, 0.15) is 6.04 Å². The van der Waals surface area contributed by atoms with Crippen LogP contribution in [-0.4, -0.2) is 23.9 Å². The van der Waals surface area contributed by atoms with Gasteiger partial charge in [-0.05, 0) is 49.1 Å². The average Bonchev–Trinajstić information content (AvgIpc) is 3.17. The minimum atomic E-state index is -0.528. The smallest absolute Gasteiger partial charge is 0.245 e. The van der Waals surface area contributed by atoms with Crippen LogP contribution in [0.25, 0.3) is 0 Å². The second-order valence-corrected chi connectivity index (χ2v) is 8.16. The van der Waals surface area contributed by atoms with E-state index in [1.807, 2.05) is 6.07 Å². The number of halogens is 1. The van der Waals surface area contributed by atoms with Crippen molar-refractivity contribution in [1.29, 1.82) is 0 Å². The van der Waals surface area contributed by atoms with E-state index in [9.17, 15) is 9.59 Å². The van der Waals surface area contributed by atoms with Gasteiger partial charge in [0.05, 0.1) is 12.1 Å². The van der Waals surface area contributed by atoms with E-state index in [1.54, 1.807) is 29.3 Å². The number of carbonyl (C=O) groups excluding carboxylic acids is 2. The lowest BCUT2D eigenvalue weighted by Gasteiger charge is -2.27. The first-order valence-electron chi connectivity index (χ1n) is 11.2. The van der Waals surface area contributed by atoms with E-state index in [-0.39, 0.29) is 24.3 Å². The van der Waals surface area contributed by atoms with Gasteiger partial charge in [-0.25, -0.2) is 0 Å². The molecule has 0 spiro atoms. The topological polar surface area (TPSA) is 61.4 Å². The lowest BCUT2D eigenvalue weighted by atomic mass is 10.1. The van der Waals surface area contributed by atoms with Crippen LogP contribution in [0.2, 0.25) is 5.02 Å². The number of hydrazine groups is 1. The molecule has 31 heavy (non-hydrogen) atoms. The van der Waals surface area contributed by atoms with Gasteiger partial charge in [0, 0.05) is 11.1 Å². The third kappa shape index (κ3) is 7.91. The monoisotopic (exact) mass is 443 g/mol. The molecule has 1 heterocycles. The van der Waals surface area contributed by atoms with E-state index in [0.29, 0.717) is 5.02 Å². The second-order valence-electron chi connectivity index (χ2n) is 7.72. The number of nitrogens with one attached hydrogen (secondary N) is 2.